The lowest BCUT2D eigenvalue weighted by molar-refractivity contribution is -0.139. The second-order valence-electron chi connectivity index (χ2n) is 24.2. The number of aromatic nitrogens is 4. The molecule has 3 heterocycles. The number of carbonyl (C=O) groups excluding carboxylic acids is 11. The maximum absolute atomic E-state index is 13.8. The number of primary amides is 1. The molecule has 11 amide bonds. The largest absolute Gasteiger partial charge is 0.508 e. The number of fused-ring (bicyclic) bond motifs is 2. The number of aliphatic hydroxyl groups excluding tert-OH is 2. The lowest BCUT2D eigenvalue weighted by Gasteiger charge is -2.26. The van der Waals surface area contributed by atoms with Crippen molar-refractivity contribution in [1.29, 1.82) is 0 Å². The molecule has 0 saturated carbocycles. The number of aliphatic hydroxyl groups is 2. The molecule has 1 aliphatic heterocycles. The smallest absolute Gasteiger partial charge is 0.336 e. The Labute approximate surface area is 602 Å². The Kier molecular flexibility index (Phi) is 31.7. The van der Waals surface area contributed by atoms with Gasteiger partial charge < -0.3 is 113 Å². The molecule has 0 bridgehead atoms. The van der Waals surface area contributed by atoms with Gasteiger partial charge in [0, 0.05) is 98.8 Å². The number of carbonyl (C=O) groups is 14. The number of imidazole rings is 2. The maximum atomic E-state index is 13.8. The van der Waals surface area contributed by atoms with Crippen LogP contribution in [0.2, 0.25) is 0 Å². The van der Waals surface area contributed by atoms with Crippen LogP contribution in [0.3, 0.4) is 0 Å². The van der Waals surface area contributed by atoms with Crippen LogP contribution in [0.1, 0.15) is 97.8 Å². The predicted molar refractivity (Wildman–Crippen MR) is 367 cm³/mol. The van der Waals surface area contributed by atoms with E-state index in [9.17, 15) is 97.5 Å². The molecule has 2 aromatic carbocycles. The molecule has 0 saturated heterocycles. The fourth-order valence-electron chi connectivity index (χ4n) is 10.6. The van der Waals surface area contributed by atoms with Gasteiger partial charge in [-0.15, -0.1) is 0 Å². The number of hydrogen-bond acceptors (Lipinski definition) is 23. The van der Waals surface area contributed by atoms with Gasteiger partial charge in [0.1, 0.15) is 72.6 Å². The first-order valence-electron chi connectivity index (χ1n) is 33.1. The molecule has 6 rings (SSSR count). The minimum Gasteiger partial charge on any atom is -0.508 e. The summed E-state index contributed by atoms with van der Waals surface area (Å²) in [6.07, 6.45) is 0.200. The number of aromatic carboxylic acids is 1. The highest BCUT2D eigenvalue weighted by atomic mass is 16.5. The standard InChI is InChI=1S/C67H83N15O24/c1-33(83)57(82-64(99)49(24-38-28-70-32-75-38)79-62(97)47(76-35(3)85)14-16-55(92)93)65(100)73-19-21-104-29-52(88)77-46(6-4-5-17-71-60(95)36-7-10-41(67(102)103)44(22-36)56-42-11-8-39(86)25-50(42)106-51-26-40(87)9-12-43(51)56)61(96)72-18-20-105-30-53(89)81-58(34(2)84)66(101)80-48(23-37-27-69-31-74-37)63(98)78-45(59(68)94)13-15-54(90)91/h7-12,22,25-28,31-34,45-49,57-58,83-84,86H,4-6,13-21,23-24,29-30H2,1-3H3,(H2,68,94)(H,69,74)(H,70,75)(H,71,95)(H,72,96)(H,73,100)(H,76,85)(H,77,88)(H,78,98)(H,79,97)(H,80,101)(H,81,89)(H,82,99)(H,90,91)(H,92,93)(H,102,103)/t33-,34-,45+,46+,47+,48+,49+,57+,58+/m0/s1. The number of aromatic amines is 2. The van der Waals surface area contributed by atoms with Crippen molar-refractivity contribution < 1.29 is 112 Å². The van der Waals surface area contributed by atoms with E-state index in [1.54, 1.807) is 0 Å². The quantitative estimate of drug-likeness (QED) is 0.0130. The molecule has 0 spiro atoms. The van der Waals surface area contributed by atoms with Gasteiger partial charge in [-0.25, -0.2) is 14.8 Å². The Morgan fingerprint density at radius 1 is 0.557 bits per heavy atom. The van der Waals surface area contributed by atoms with Crippen molar-refractivity contribution in [2.75, 3.05) is 46.1 Å². The number of amides is 11. The van der Waals surface area contributed by atoms with Gasteiger partial charge in [-0.3, -0.25) is 67.1 Å². The molecule has 39 heteroatoms. The predicted octanol–water partition coefficient (Wildman–Crippen LogP) is -3.54. The van der Waals surface area contributed by atoms with E-state index in [2.05, 4.69) is 73.1 Å². The van der Waals surface area contributed by atoms with Crippen LogP contribution in [0.25, 0.3) is 33.4 Å². The molecule has 1 aliphatic carbocycles. The van der Waals surface area contributed by atoms with Gasteiger partial charge in [0.15, 0.2) is 5.43 Å². The second-order valence-corrected chi connectivity index (χ2v) is 24.2. The topological polar surface area (TPSA) is 613 Å². The molecule has 0 unspecified atom stereocenters. The number of carboxylic acids is 3. The molecule has 4 aromatic rings. The summed E-state index contributed by atoms with van der Waals surface area (Å²) in [6.45, 7) is 0.648. The van der Waals surface area contributed by atoms with Crippen molar-refractivity contribution >= 4 is 93.9 Å². The first kappa shape index (κ1) is 82.7. The van der Waals surface area contributed by atoms with E-state index in [4.69, 9.17) is 24.7 Å². The molecule has 2 aliphatic rings. The molecule has 9 atom stereocenters. The van der Waals surface area contributed by atoms with E-state index in [1.807, 2.05) is 0 Å². The van der Waals surface area contributed by atoms with Gasteiger partial charge in [0.2, 0.25) is 59.1 Å². The van der Waals surface area contributed by atoms with Crippen LogP contribution >= 0.6 is 0 Å². The highest BCUT2D eigenvalue weighted by molar-refractivity contribution is 6.09. The van der Waals surface area contributed by atoms with Crippen LogP contribution in [0.15, 0.2) is 88.9 Å². The van der Waals surface area contributed by atoms with E-state index in [0.717, 1.165) is 13.8 Å². The number of phenols is 1. The van der Waals surface area contributed by atoms with E-state index in [0.29, 0.717) is 16.5 Å². The zero-order valence-electron chi connectivity index (χ0n) is 57.5. The fraction of sp³-hybridized carbons (Fsp3) is 0.418. The summed E-state index contributed by atoms with van der Waals surface area (Å²) in [4.78, 5) is 207. The summed E-state index contributed by atoms with van der Waals surface area (Å²) in [5, 5.41) is 84.9. The molecule has 106 heavy (non-hydrogen) atoms. The Morgan fingerprint density at radius 2 is 1.10 bits per heavy atom. The molecule has 0 fully saturated rings. The average molecular weight is 1480 g/mol. The number of carboxylic acid groups (broad SMARTS) is 3. The fourth-order valence-corrected chi connectivity index (χ4v) is 10.6. The Bertz CT molecular complexity index is 4150. The third-order valence-corrected chi connectivity index (χ3v) is 15.9. The zero-order chi connectivity index (χ0) is 77.7. The van der Waals surface area contributed by atoms with Crippen molar-refractivity contribution in [2.45, 2.75) is 133 Å². The maximum Gasteiger partial charge on any atom is 0.336 e. The number of nitrogens with one attached hydrogen (secondary N) is 12. The number of rotatable bonds is 44. The number of H-pyrrole nitrogens is 2. The zero-order valence-corrected chi connectivity index (χ0v) is 57.5. The lowest BCUT2D eigenvalue weighted by Crippen LogP contribution is -2.59. The summed E-state index contributed by atoms with van der Waals surface area (Å²) in [6, 6.07) is 1.45. The average Bonchev–Trinajstić information content (AvgIpc) is 0.832. The van der Waals surface area contributed by atoms with E-state index in [-0.39, 0.29) is 123 Å². The molecule has 570 valence electrons. The minimum absolute atomic E-state index is 0.0199. The molecular weight excluding hydrogens is 1400 g/mol. The van der Waals surface area contributed by atoms with Crippen molar-refractivity contribution in [3.8, 4) is 28.2 Å². The van der Waals surface area contributed by atoms with Crippen LogP contribution in [-0.4, -0.2) is 234 Å². The Balaban J connectivity index is 1.07. The number of unbranched alkanes of at least 4 members (excludes halogenated alkanes) is 1. The number of aliphatic carboxylic acids is 2. The first-order chi connectivity index (χ1) is 50.4. The summed E-state index contributed by atoms with van der Waals surface area (Å²) in [7, 11) is 0. The Morgan fingerprint density at radius 3 is 1.67 bits per heavy atom. The summed E-state index contributed by atoms with van der Waals surface area (Å²) in [5.41, 5.74) is 6.14. The summed E-state index contributed by atoms with van der Waals surface area (Å²) >= 11 is 0. The van der Waals surface area contributed by atoms with Crippen molar-refractivity contribution in [2.24, 2.45) is 5.73 Å². The van der Waals surface area contributed by atoms with Crippen LogP contribution in [-0.2, 0) is 79.8 Å². The van der Waals surface area contributed by atoms with Gasteiger partial charge in [-0.2, -0.15) is 0 Å². The van der Waals surface area contributed by atoms with Crippen molar-refractivity contribution in [3.63, 3.8) is 0 Å². The monoisotopic (exact) mass is 1480 g/mol. The number of nitrogens with zero attached hydrogens (tertiary/aromatic N) is 2. The number of phenolic OH excluding ortho intramolecular Hbond substituents is 1. The second kappa shape index (κ2) is 40.6. The molecule has 39 nitrogen and oxygen atoms in total. The van der Waals surface area contributed by atoms with E-state index >= 15 is 0 Å². The van der Waals surface area contributed by atoms with Crippen LogP contribution < -0.4 is 64.3 Å². The number of hydrogen-bond donors (Lipinski definition) is 19. The number of nitrogens with two attached hydrogens (primary N) is 1. The third-order valence-electron chi connectivity index (χ3n) is 15.9. The van der Waals surface area contributed by atoms with Crippen LogP contribution in [0, 0.1) is 0 Å². The third kappa shape index (κ3) is 25.9. The van der Waals surface area contributed by atoms with Gasteiger partial charge in [-0.05, 0) is 94.0 Å². The summed E-state index contributed by atoms with van der Waals surface area (Å²) in [5.74, 6) is -13.8. The van der Waals surface area contributed by atoms with Gasteiger partial charge in [0.05, 0.1) is 55.0 Å². The highest BCUT2D eigenvalue weighted by Crippen LogP contribution is 2.42. The first-order valence-corrected chi connectivity index (χ1v) is 33.1. The van der Waals surface area contributed by atoms with Crippen LogP contribution in [0.5, 0.6) is 5.75 Å². The summed E-state index contributed by atoms with van der Waals surface area (Å²) < 4.78 is 16.8. The van der Waals surface area contributed by atoms with Crippen LogP contribution in [0.4, 0.5) is 0 Å². The number of ether oxygens (including phenoxy) is 2. The number of benzene rings is 3. The van der Waals surface area contributed by atoms with Crippen molar-refractivity contribution in [1.82, 2.24) is 73.1 Å². The molecule has 2 aromatic heterocycles. The molecule has 0 radical (unpaired) electrons. The Hall–Kier alpha value is -12.2. The minimum atomic E-state index is -1.71. The lowest BCUT2D eigenvalue weighted by atomic mass is 9.89. The van der Waals surface area contributed by atoms with Gasteiger partial charge in [0.25, 0.3) is 5.91 Å². The molecular formula is C67H83N15O24. The van der Waals surface area contributed by atoms with Gasteiger partial charge >= 0.3 is 17.9 Å². The van der Waals surface area contributed by atoms with Gasteiger partial charge in [-0.1, -0.05) is 0 Å². The highest BCUT2D eigenvalue weighted by Gasteiger charge is 2.35. The SMILES string of the molecule is CC(=O)N[C@H](CCC(=O)O)C(=O)N[C@H](Cc1c[nH]cn1)C(=O)N[C@@H](C(=O)NCCOCC(=O)N[C@H](CCCCNC(=O)c1ccc(C(=O)O)c(-c2c3ccc(=O)cc-3oc3cc(O)ccc23)c1)C(=O)NCCOCC(=O)N[C@@H](C(=O)N[C@H](Cc1c[nH]cn1)C(=O)N[C@H](CCC(=O)O)C(N)=O)[C@H](C)O)[C@H](C)O. The normalized spacial score (nSPS) is 13.7. The van der Waals surface area contributed by atoms with E-state index in [1.165, 1.54) is 86.6 Å². The molecule has 20 N–H and O–H groups in total. The number of aromatic hydroxyl groups is 1. The van der Waals surface area contributed by atoms with Crippen molar-refractivity contribution in [3.05, 3.63) is 112 Å². The van der Waals surface area contributed by atoms with E-state index < -0.39 is 169 Å².